The van der Waals surface area contributed by atoms with E-state index in [4.69, 9.17) is 5.11 Å². The molecular weight excluding hydrogens is 444 g/mol. The lowest BCUT2D eigenvalue weighted by Crippen LogP contribution is -2.50. The van der Waals surface area contributed by atoms with Crippen molar-refractivity contribution in [1.82, 2.24) is 0 Å². The fraction of sp³-hybridized carbons (Fsp3) is 0.879. The fourth-order valence-corrected chi connectivity index (χ4v) is 9.40. The van der Waals surface area contributed by atoms with Crippen LogP contribution in [-0.2, 0) is 9.59 Å². The van der Waals surface area contributed by atoms with Gasteiger partial charge in [0.05, 0.1) is 0 Å². The molecule has 0 heterocycles. The third kappa shape index (κ3) is 6.29. The van der Waals surface area contributed by atoms with Gasteiger partial charge < -0.3 is 5.11 Å². The summed E-state index contributed by atoms with van der Waals surface area (Å²) in [6.07, 6.45) is 28.1. The Bertz CT molecular complexity index is 784. The molecule has 3 saturated carbocycles. The molecule has 0 bridgehead atoms. The van der Waals surface area contributed by atoms with Crippen LogP contribution in [-0.4, -0.2) is 16.9 Å². The molecule has 0 aromatic carbocycles. The lowest BCUT2D eigenvalue weighted by Gasteiger charge is -2.58. The lowest BCUT2D eigenvalue weighted by atomic mass is 9.46. The van der Waals surface area contributed by atoms with Gasteiger partial charge in [-0.25, -0.2) is 0 Å². The third-order valence-corrected chi connectivity index (χ3v) is 11.6. The number of ketones is 1. The van der Waals surface area contributed by atoms with Crippen LogP contribution in [0.4, 0.5) is 0 Å². The number of hydrogen-bond acceptors (Lipinski definition) is 2. The molecule has 0 aliphatic heterocycles. The first-order chi connectivity index (χ1) is 17.3. The summed E-state index contributed by atoms with van der Waals surface area (Å²) in [4.78, 5) is 22.6. The largest absolute Gasteiger partial charge is 0.481 e. The molecule has 36 heavy (non-hydrogen) atoms. The topological polar surface area (TPSA) is 54.4 Å². The zero-order valence-electron chi connectivity index (χ0n) is 23.5. The Balaban J connectivity index is 1.11. The highest BCUT2D eigenvalue weighted by molar-refractivity contribution is 5.91. The van der Waals surface area contributed by atoms with E-state index in [-0.39, 0.29) is 0 Å². The van der Waals surface area contributed by atoms with Crippen molar-refractivity contribution >= 4 is 11.8 Å². The molecule has 0 spiro atoms. The van der Waals surface area contributed by atoms with Crippen molar-refractivity contribution in [2.75, 3.05) is 0 Å². The summed E-state index contributed by atoms with van der Waals surface area (Å²) in [6, 6.07) is 0. The van der Waals surface area contributed by atoms with Crippen molar-refractivity contribution in [1.29, 1.82) is 0 Å². The van der Waals surface area contributed by atoms with E-state index in [9.17, 15) is 9.59 Å². The summed E-state index contributed by atoms with van der Waals surface area (Å²) in [7, 11) is 0. The number of unbranched alkanes of at least 4 members (excludes halogenated alkanes) is 10. The van der Waals surface area contributed by atoms with Gasteiger partial charge in [-0.05, 0) is 98.4 Å². The standard InChI is InChI=1S/C33H54O3/c1-32-23-21-30-28(18-16-26-24-27(34)20-22-33(26,30)2)29(32)19-17-25(32)14-12-10-8-6-4-3-5-7-9-11-13-15-31(35)36/h24-25,28-30H,3-23H2,1-2H3,(H,35,36)/t25-,28?,29?,30?,32+,33-/m0/s1. The second-order valence-corrected chi connectivity index (χ2v) is 13.6. The number of aliphatic carboxylic acids is 1. The molecule has 3 unspecified atom stereocenters. The van der Waals surface area contributed by atoms with Crippen LogP contribution in [0.5, 0.6) is 0 Å². The van der Waals surface area contributed by atoms with Gasteiger partial charge in [0.15, 0.2) is 5.78 Å². The first-order valence-corrected chi connectivity index (χ1v) is 15.8. The first kappa shape index (κ1) is 27.9. The SMILES string of the molecule is C[C@]12CCC(=O)C=C1CCC1C2CC[C@@]2(C)C1CC[C@@H]2CCCCCCCCCCCCCC(=O)O. The van der Waals surface area contributed by atoms with E-state index >= 15 is 0 Å². The van der Waals surface area contributed by atoms with Gasteiger partial charge in [-0.15, -0.1) is 0 Å². The minimum Gasteiger partial charge on any atom is -0.481 e. The van der Waals surface area contributed by atoms with E-state index in [2.05, 4.69) is 19.9 Å². The maximum absolute atomic E-state index is 12.1. The molecule has 4 aliphatic rings. The summed E-state index contributed by atoms with van der Waals surface area (Å²) >= 11 is 0. The predicted octanol–water partition coefficient (Wildman–Crippen LogP) is 9.29. The number of carbonyl (C=O) groups is 2. The second kappa shape index (κ2) is 12.6. The molecule has 0 aromatic heterocycles. The molecular formula is C33H54O3. The van der Waals surface area contributed by atoms with Crippen molar-refractivity contribution in [3.05, 3.63) is 11.6 Å². The molecule has 6 atom stereocenters. The smallest absolute Gasteiger partial charge is 0.303 e. The number of fused-ring (bicyclic) bond motifs is 5. The Morgan fingerprint density at radius 3 is 2.11 bits per heavy atom. The van der Waals surface area contributed by atoms with E-state index in [1.807, 2.05) is 0 Å². The average Bonchev–Trinajstić information content (AvgIpc) is 3.18. The van der Waals surface area contributed by atoms with Crippen LogP contribution in [0.2, 0.25) is 0 Å². The molecule has 0 radical (unpaired) electrons. The van der Waals surface area contributed by atoms with Crippen LogP contribution in [0, 0.1) is 34.5 Å². The van der Waals surface area contributed by atoms with Crippen LogP contribution in [0.15, 0.2) is 11.6 Å². The zero-order chi connectivity index (χ0) is 25.6. The van der Waals surface area contributed by atoms with Crippen LogP contribution in [0.25, 0.3) is 0 Å². The summed E-state index contributed by atoms with van der Waals surface area (Å²) in [5, 5.41) is 8.68. The van der Waals surface area contributed by atoms with Gasteiger partial charge in [-0.2, -0.15) is 0 Å². The summed E-state index contributed by atoms with van der Waals surface area (Å²) in [5.41, 5.74) is 2.40. The monoisotopic (exact) mass is 498 g/mol. The van der Waals surface area contributed by atoms with Gasteiger partial charge in [0, 0.05) is 12.8 Å². The Morgan fingerprint density at radius 2 is 1.44 bits per heavy atom. The number of rotatable bonds is 14. The summed E-state index contributed by atoms with van der Waals surface area (Å²) < 4.78 is 0. The summed E-state index contributed by atoms with van der Waals surface area (Å²) in [5.74, 6) is 3.34. The van der Waals surface area contributed by atoms with E-state index in [0.717, 1.165) is 49.4 Å². The first-order valence-electron chi connectivity index (χ1n) is 15.8. The predicted molar refractivity (Wildman–Crippen MR) is 148 cm³/mol. The molecule has 3 fully saturated rings. The molecule has 1 N–H and O–H groups in total. The third-order valence-electron chi connectivity index (χ3n) is 11.6. The minimum absolute atomic E-state index is 0.316. The normalized spacial score (nSPS) is 35.6. The molecule has 204 valence electrons. The number of hydrogen-bond donors (Lipinski definition) is 1. The van der Waals surface area contributed by atoms with Crippen molar-refractivity contribution in [3.8, 4) is 0 Å². The molecule has 0 saturated heterocycles. The highest BCUT2D eigenvalue weighted by Gasteiger charge is 2.58. The fourth-order valence-electron chi connectivity index (χ4n) is 9.40. The Kier molecular flexibility index (Phi) is 9.78. The molecule has 3 heteroatoms. The highest BCUT2D eigenvalue weighted by Crippen LogP contribution is 2.67. The van der Waals surface area contributed by atoms with E-state index in [1.165, 1.54) is 108 Å². The van der Waals surface area contributed by atoms with E-state index in [1.54, 1.807) is 0 Å². The Morgan fingerprint density at radius 1 is 0.806 bits per heavy atom. The van der Waals surface area contributed by atoms with Crippen LogP contribution in [0.3, 0.4) is 0 Å². The molecule has 4 aliphatic carbocycles. The maximum Gasteiger partial charge on any atom is 0.303 e. The van der Waals surface area contributed by atoms with Gasteiger partial charge >= 0.3 is 5.97 Å². The quantitative estimate of drug-likeness (QED) is 0.243. The maximum atomic E-state index is 12.1. The van der Waals surface area contributed by atoms with E-state index in [0.29, 0.717) is 23.0 Å². The highest BCUT2D eigenvalue weighted by atomic mass is 16.4. The summed E-state index contributed by atoms with van der Waals surface area (Å²) in [6.45, 7) is 5.19. The van der Waals surface area contributed by atoms with Crippen molar-refractivity contribution in [2.45, 2.75) is 149 Å². The van der Waals surface area contributed by atoms with Crippen molar-refractivity contribution in [3.63, 3.8) is 0 Å². The van der Waals surface area contributed by atoms with Gasteiger partial charge in [-0.1, -0.05) is 83.6 Å². The van der Waals surface area contributed by atoms with Gasteiger partial charge in [-0.3, -0.25) is 9.59 Å². The molecule has 0 amide bonds. The van der Waals surface area contributed by atoms with Crippen molar-refractivity contribution < 1.29 is 14.7 Å². The van der Waals surface area contributed by atoms with E-state index < -0.39 is 5.97 Å². The Hall–Kier alpha value is -1.12. The lowest BCUT2D eigenvalue weighted by molar-refractivity contribution is -0.137. The van der Waals surface area contributed by atoms with Gasteiger partial charge in [0.1, 0.15) is 0 Å². The number of allylic oxidation sites excluding steroid dienone is 1. The van der Waals surface area contributed by atoms with Gasteiger partial charge in [0.25, 0.3) is 0 Å². The van der Waals surface area contributed by atoms with Gasteiger partial charge in [0.2, 0.25) is 0 Å². The molecule has 4 rings (SSSR count). The average molecular weight is 499 g/mol. The number of carboxylic acids is 1. The molecule has 0 aromatic rings. The minimum atomic E-state index is -0.655. The molecule has 3 nitrogen and oxygen atoms in total. The number of carboxylic acid groups (broad SMARTS) is 1. The van der Waals surface area contributed by atoms with Crippen LogP contribution < -0.4 is 0 Å². The van der Waals surface area contributed by atoms with Crippen LogP contribution in [0.1, 0.15) is 149 Å². The van der Waals surface area contributed by atoms with Crippen LogP contribution >= 0.6 is 0 Å². The Labute approximate surface area is 221 Å². The zero-order valence-corrected chi connectivity index (χ0v) is 23.5. The number of carbonyl (C=O) groups excluding carboxylic acids is 1. The van der Waals surface area contributed by atoms with Crippen molar-refractivity contribution in [2.24, 2.45) is 34.5 Å². The second-order valence-electron chi connectivity index (χ2n) is 13.6.